The van der Waals surface area contributed by atoms with Crippen molar-refractivity contribution in [1.82, 2.24) is 9.97 Å². The molecule has 0 bridgehead atoms. The topological polar surface area (TPSA) is 38.9 Å². The van der Waals surface area contributed by atoms with E-state index in [9.17, 15) is 0 Å². The van der Waals surface area contributed by atoms with Crippen LogP contribution in [0.15, 0.2) is 16.9 Å². The summed E-state index contributed by atoms with van der Waals surface area (Å²) in [5, 5.41) is 0. The minimum Gasteiger partial charge on any atom is -0.506 e. The predicted octanol–water partition coefficient (Wildman–Crippen LogP) is 3.55. The Morgan fingerprint density at radius 1 is 1.29 bits per heavy atom. The summed E-state index contributed by atoms with van der Waals surface area (Å²) in [6.45, 7) is 10.3. The van der Waals surface area contributed by atoms with Crippen LogP contribution in [0.5, 0.6) is 0 Å². The number of oxazole rings is 1. The molecule has 0 saturated heterocycles. The molecule has 0 fully saturated rings. The van der Waals surface area contributed by atoms with Crippen molar-refractivity contribution in [1.29, 1.82) is 0 Å². The first kappa shape index (κ1) is 16.3. The monoisotopic (exact) mass is 402 g/mol. The van der Waals surface area contributed by atoms with Crippen LogP contribution >= 0.6 is 0 Å². The van der Waals surface area contributed by atoms with E-state index in [1.807, 2.05) is 26.3 Å². The molecule has 92 valence electrons. The maximum atomic E-state index is 5.17. The van der Waals surface area contributed by atoms with Gasteiger partial charge in [-0.1, -0.05) is 26.5 Å². The standard InChI is InChI=1S/C10H11N2O.C3H7.W/c1-10(2,3)9-4-8-7(5-11-9)12-6-13-8;1-3-2;/h4,6H,1-3H3;3H,1-2H3;/q2*-1;+2. The zero-order chi connectivity index (χ0) is 12.2. The minimum absolute atomic E-state index is 0. The fraction of sp³-hybridized carbons (Fsp3) is 0.462. The molecule has 0 N–H and O–H groups in total. The first-order chi connectivity index (χ1) is 7.49. The summed E-state index contributed by atoms with van der Waals surface area (Å²) in [5.41, 5.74) is 2.43. The Balaban J connectivity index is 0.000000583. The second-order valence-electron chi connectivity index (χ2n) is 4.65. The first-order valence-corrected chi connectivity index (χ1v) is 5.35. The smallest absolute Gasteiger partial charge is 0.506 e. The Kier molecular flexibility index (Phi) is 6.62. The van der Waals surface area contributed by atoms with E-state index in [2.05, 4.69) is 36.9 Å². The molecule has 0 atom stereocenters. The molecule has 0 aliphatic heterocycles. The van der Waals surface area contributed by atoms with E-state index >= 15 is 0 Å². The molecule has 0 spiro atoms. The van der Waals surface area contributed by atoms with Crippen LogP contribution in [-0.2, 0) is 26.5 Å². The summed E-state index contributed by atoms with van der Waals surface area (Å²) in [7, 11) is 0. The van der Waals surface area contributed by atoms with Gasteiger partial charge >= 0.3 is 21.1 Å². The summed E-state index contributed by atoms with van der Waals surface area (Å²) in [4.78, 5) is 8.16. The Morgan fingerprint density at radius 3 is 2.41 bits per heavy atom. The van der Waals surface area contributed by atoms with E-state index in [4.69, 9.17) is 4.42 Å². The summed E-state index contributed by atoms with van der Waals surface area (Å²) in [6, 6.07) is 1.92. The van der Waals surface area contributed by atoms with E-state index in [1.54, 1.807) is 0 Å². The number of fused-ring (bicyclic) bond motifs is 1. The molecule has 0 aliphatic rings. The maximum absolute atomic E-state index is 5.17. The van der Waals surface area contributed by atoms with Crippen LogP contribution in [0.25, 0.3) is 11.1 Å². The van der Waals surface area contributed by atoms with E-state index in [0.717, 1.165) is 11.3 Å². The Labute approximate surface area is 117 Å². The van der Waals surface area contributed by atoms with Gasteiger partial charge in [-0.05, 0) is 11.6 Å². The number of nitrogens with zero attached hydrogens (tertiary/aromatic N) is 2. The second kappa shape index (κ2) is 6.90. The normalized spacial score (nSPS) is 10.4. The van der Waals surface area contributed by atoms with Gasteiger partial charge in [0, 0.05) is 11.1 Å². The predicted molar refractivity (Wildman–Crippen MR) is 65.0 cm³/mol. The second-order valence-corrected chi connectivity index (χ2v) is 4.65. The van der Waals surface area contributed by atoms with Crippen LogP contribution < -0.4 is 0 Å². The number of rotatable bonds is 0. The number of hydrogen-bond donors (Lipinski definition) is 0. The summed E-state index contributed by atoms with van der Waals surface area (Å²) in [6.07, 6.45) is 6.26. The Morgan fingerprint density at radius 2 is 1.88 bits per heavy atom. The molecule has 2 rings (SSSR count). The molecule has 0 unspecified atom stereocenters. The maximum Gasteiger partial charge on any atom is 2.00 e. The number of aromatic nitrogens is 2. The van der Waals surface area contributed by atoms with Crippen molar-refractivity contribution < 1.29 is 25.5 Å². The van der Waals surface area contributed by atoms with Crippen molar-refractivity contribution in [2.75, 3.05) is 0 Å². The molecule has 2 aromatic rings. The molecular weight excluding hydrogens is 384 g/mol. The molecule has 0 radical (unpaired) electrons. The zero-order valence-corrected chi connectivity index (χ0v) is 13.9. The van der Waals surface area contributed by atoms with Gasteiger partial charge in [-0.3, -0.25) is 0 Å². The van der Waals surface area contributed by atoms with Crippen molar-refractivity contribution >= 4 is 11.1 Å². The average Bonchev–Trinajstić information content (AvgIpc) is 2.63. The molecular formula is C13H18N2OW. The Hall–Kier alpha value is -0.692. The van der Waals surface area contributed by atoms with Gasteiger partial charge in [-0.25, -0.2) is 4.98 Å². The van der Waals surface area contributed by atoms with Gasteiger partial charge in [-0.2, -0.15) is 13.8 Å². The molecule has 2 aromatic heterocycles. The van der Waals surface area contributed by atoms with Crippen molar-refractivity contribution in [2.45, 2.75) is 40.0 Å². The summed E-state index contributed by atoms with van der Waals surface area (Å²) in [5.74, 6) is 0. The van der Waals surface area contributed by atoms with Gasteiger partial charge in [0.15, 0.2) is 6.39 Å². The zero-order valence-electron chi connectivity index (χ0n) is 10.9. The molecule has 4 heteroatoms. The van der Waals surface area contributed by atoms with Crippen LogP contribution in [-0.4, -0.2) is 9.97 Å². The fourth-order valence-corrected chi connectivity index (χ4v) is 1.10. The molecule has 0 aliphatic carbocycles. The van der Waals surface area contributed by atoms with Crippen LogP contribution in [0.3, 0.4) is 0 Å². The van der Waals surface area contributed by atoms with Crippen LogP contribution in [0.2, 0.25) is 0 Å². The number of hydrogen-bond acceptors (Lipinski definition) is 3. The summed E-state index contributed by atoms with van der Waals surface area (Å²) >= 11 is 0. The van der Waals surface area contributed by atoms with Gasteiger partial charge in [0.1, 0.15) is 0 Å². The van der Waals surface area contributed by atoms with Gasteiger partial charge in [0.2, 0.25) is 0 Å². The van der Waals surface area contributed by atoms with Gasteiger partial charge in [-0.15, -0.1) is 6.07 Å². The fourth-order valence-electron chi connectivity index (χ4n) is 1.10. The summed E-state index contributed by atoms with van der Waals surface area (Å²) < 4.78 is 5.17. The van der Waals surface area contributed by atoms with E-state index < -0.39 is 0 Å². The molecule has 0 saturated carbocycles. The average molecular weight is 402 g/mol. The van der Waals surface area contributed by atoms with Crippen molar-refractivity contribution in [2.24, 2.45) is 0 Å². The largest absolute Gasteiger partial charge is 2.00 e. The quantitative estimate of drug-likeness (QED) is 0.633. The van der Waals surface area contributed by atoms with Crippen LogP contribution in [0.4, 0.5) is 0 Å². The van der Waals surface area contributed by atoms with Crippen molar-refractivity contribution in [3.63, 3.8) is 0 Å². The van der Waals surface area contributed by atoms with Gasteiger partial charge < -0.3 is 15.8 Å². The molecule has 17 heavy (non-hydrogen) atoms. The first-order valence-electron chi connectivity index (χ1n) is 5.35. The molecule has 2 heterocycles. The third-order valence-corrected chi connectivity index (χ3v) is 1.91. The third kappa shape index (κ3) is 4.59. The molecule has 3 nitrogen and oxygen atoms in total. The van der Waals surface area contributed by atoms with E-state index in [-0.39, 0.29) is 26.5 Å². The van der Waals surface area contributed by atoms with Crippen LogP contribution in [0.1, 0.15) is 40.3 Å². The van der Waals surface area contributed by atoms with Crippen molar-refractivity contribution in [3.05, 3.63) is 30.8 Å². The minimum atomic E-state index is 0. The van der Waals surface area contributed by atoms with E-state index in [0.29, 0.717) is 5.52 Å². The van der Waals surface area contributed by atoms with Crippen LogP contribution in [0, 0.1) is 12.6 Å². The number of pyridine rings is 1. The molecule has 0 amide bonds. The Bertz CT molecular complexity index is 446. The SMILES string of the molecule is CC(C)(C)c1cc2ocnc2[c-]n1.C[CH-]C.[W+2]. The van der Waals surface area contributed by atoms with E-state index in [1.165, 1.54) is 6.39 Å². The van der Waals surface area contributed by atoms with Crippen molar-refractivity contribution in [3.8, 4) is 0 Å². The van der Waals surface area contributed by atoms with Gasteiger partial charge in [0.05, 0.1) is 0 Å². The third-order valence-electron chi connectivity index (χ3n) is 1.91. The van der Waals surface area contributed by atoms with Gasteiger partial charge in [0.25, 0.3) is 0 Å². The molecule has 0 aromatic carbocycles.